The standard InChI is InChI=1S/C9H8N2O2.C9H10N2.C8H6N2O3.C7H4FNO4.C7H5FO2.CHI3.CH2I2.CH3I.3CH4/c1-6-2-7-4-10-5-8(7)3-9(6)11(12)13;1-6-2-7-4-11-5-8(7)3-9(6)10;11-8-2-6-4-9-3-5(6)1-7(8)10(12)13;8-5-2-7(11)6(9(12)13)1-4(5)3-10;8-7-3-6(10)2-1-5(7)4-9;2-1(3)4;2-1-3;1-2;;;/h2-3,5H,4H2,1H3;2-3,5H,4,10H2,1H3;1-3,11H,4H2;1-3,11H;1-4,10H;1H;1H2;1H3;3*1H4. The Morgan fingerprint density at radius 1 is 0.611 bits per heavy atom. The first kappa shape index (κ1) is 72.3. The Bertz CT molecular complexity index is 2610. The molecule has 0 fully saturated rings. The van der Waals surface area contributed by atoms with Crippen LogP contribution in [-0.2, 0) is 19.6 Å². The number of aliphatic imine (C=N–C) groups is 3. The molecule has 5 aromatic carbocycles. The predicted molar refractivity (Wildman–Crippen MR) is 335 cm³/mol. The van der Waals surface area contributed by atoms with Crippen LogP contribution in [0.2, 0.25) is 0 Å². The summed E-state index contributed by atoms with van der Waals surface area (Å²) < 4.78 is 27.1. The number of nitrogens with zero attached hydrogens (tertiary/aromatic N) is 6. The van der Waals surface area contributed by atoms with Gasteiger partial charge in [-0.3, -0.25) is 54.9 Å². The maximum atomic E-state index is 12.7. The molecule has 5 aromatic rings. The Morgan fingerprint density at radius 2 is 0.972 bits per heavy atom. The van der Waals surface area contributed by atoms with E-state index in [0.29, 0.717) is 42.6 Å². The molecule has 72 heavy (non-hydrogen) atoms. The van der Waals surface area contributed by atoms with Crippen LogP contribution < -0.4 is 5.73 Å². The second kappa shape index (κ2) is 37.8. The molecule has 0 aliphatic carbocycles. The van der Waals surface area contributed by atoms with E-state index >= 15 is 0 Å². The van der Waals surface area contributed by atoms with Gasteiger partial charge in [0.25, 0.3) is 5.69 Å². The summed E-state index contributed by atoms with van der Waals surface area (Å²) in [5.74, 6) is -2.96. The first-order valence-electron chi connectivity index (χ1n) is 18.7. The minimum atomic E-state index is -0.988. The van der Waals surface area contributed by atoms with Crippen molar-refractivity contribution in [3.05, 3.63) is 164 Å². The third-order valence-electron chi connectivity index (χ3n) is 8.62. The van der Waals surface area contributed by atoms with Crippen LogP contribution in [0.5, 0.6) is 17.2 Å². The number of aromatic hydroxyl groups is 3. The first-order valence-corrected chi connectivity index (χ1v) is 27.7. The third kappa shape index (κ3) is 24.4. The minimum Gasteiger partial charge on any atom is -0.508 e. The van der Waals surface area contributed by atoms with Gasteiger partial charge in [-0.05, 0) is 76.9 Å². The smallest absolute Gasteiger partial charge is 0.311 e. The SMILES string of the molecule is C.C.C.CI.Cc1cc2c(cc1N)C=NC2.Cc1cc2c(cc1[N+](=O)[O-])C=NC2.IC(I)I.ICI.O=Cc1cc([N+](=O)[O-])c(O)cc1F.O=Cc1ccc(O)cc1F.O=[N+]([O-])c1cc2c(cc1O)CN=C2. The van der Waals surface area contributed by atoms with Crippen molar-refractivity contribution in [1.29, 1.82) is 0 Å². The number of alkyl halides is 6. The summed E-state index contributed by atoms with van der Waals surface area (Å²) in [6.45, 7) is 5.72. The molecule has 0 atom stereocenters. The Balaban J connectivity index is -0.000000787. The summed E-state index contributed by atoms with van der Waals surface area (Å²) in [6, 6.07) is 14.8. The number of fused-ring (bicyclic) bond motifs is 3. The van der Waals surface area contributed by atoms with E-state index in [2.05, 4.69) is 157 Å². The van der Waals surface area contributed by atoms with Crippen LogP contribution in [0.1, 0.15) is 87.5 Å². The molecule has 26 heteroatoms. The molecular formula is C46H51F2I6N7O11. The Morgan fingerprint density at radius 3 is 1.39 bits per heavy atom. The average Bonchev–Trinajstić information content (AvgIpc) is 4.06. The van der Waals surface area contributed by atoms with E-state index in [1.54, 1.807) is 25.4 Å². The number of hydrogen-bond acceptors (Lipinski definition) is 15. The van der Waals surface area contributed by atoms with Gasteiger partial charge < -0.3 is 21.1 Å². The van der Waals surface area contributed by atoms with Gasteiger partial charge in [0.15, 0.2) is 24.1 Å². The fraction of sp³-hybridized carbons (Fsp3) is 0.239. The number of carbonyl (C=O) groups excluding carboxylic acids is 2. The number of carbonyl (C=O) groups is 2. The van der Waals surface area contributed by atoms with E-state index in [1.807, 2.05) is 30.2 Å². The Kier molecular flexibility index (Phi) is 37.9. The molecule has 0 radical (unpaired) electrons. The molecule has 0 amide bonds. The van der Waals surface area contributed by atoms with Crippen LogP contribution in [0.25, 0.3) is 0 Å². The van der Waals surface area contributed by atoms with E-state index in [9.17, 15) is 53.8 Å². The molecule has 18 nitrogen and oxygen atoms in total. The number of nitrogens with two attached hydrogens (primary N) is 1. The van der Waals surface area contributed by atoms with E-state index in [0.717, 1.165) is 40.5 Å². The molecular weight excluding hydrogens is 1630 g/mol. The largest absolute Gasteiger partial charge is 0.508 e. The van der Waals surface area contributed by atoms with Crippen LogP contribution in [0.3, 0.4) is 0 Å². The molecule has 0 bridgehead atoms. The molecule has 3 aliphatic rings. The molecule has 392 valence electrons. The molecule has 0 saturated carbocycles. The third-order valence-corrected chi connectivity index (χ3v) is 8.62. The number of aldehydes is 2. The lowest BCUT2D eigenvalue weighted by Crippen LogP contribution is -1.95. The fourth-order valence-corrected chi connectivity index (χ4v) is 5.47. The Hall–Kier alpha value is -3.91. The number of phenols is 3. The van der Waals surface area contributed by atoms with Crippen molar-refractivity contribution in [1.82, 2.24) is 0 Å². The molecule has 5 N–H and O–H groups in total. The summed E-state index contributed by atoms with van der Waals surface area (Å²) in [4.78, 5) is 63.6. The molecule has 3 aliphatic heterocycles. The highest BCUT2D eigenvalue weighted by molar-refractivity contribution is 14.3. The van der Waals surface area contributed by atoms with Crippen LogP contribution in [0, 0.1) is 55.8 Å². The van der Waals surface area contributed by atoms with Crippen LogP contribution >= 0.6 is 136 Å². The maximum Gasteiger partial charge on any atom is 0.311 e. The van der Waals surface area contributed by atoms with Gasteiger partial charge in [0.2, 0.25) is 0 Å². The summed E-state index contributed by atoms with van der Waals surface area (Å²) in [5, 5.41) is 58.0. The molecule has 0 aromatic heterocycles. The van der Waals surface area contributed by atoms with Crippen molar-refractivity contribution in [2.75, 3.05) is 13.1 Å². The highest BCUT2D eigenvalue weighted by atomic mass is 127. The first-order chi connectivity index (χ1) is 32.6. The summed E-state index contributed by atoms with van der Waals surface area (Å²) in [6.07, 6.45) is 5.67. The molecule has 3 heterocycles. The van der Waals surface area contributed by atoms with Gasteiger partial charge in [0.1, 0.15) is 17.3 Å². The lowest BCUT2D eigenvalue weighted by atomic mass is 10.1. The van der Waals surface area contributed by atoms with E-state index in [1.165, 1.54) is 37.8 Å². The number of halogens is 8. The van der Waals surface area contributed by atoms with Gasteiger partial charge >= 0.3 is 11.4 Å². The average molecular weight is 1680 g/mol. The van der Waals surface area contributed by atoms with Gasteiger partial charge in [-0.2, -0.15) is 0 Å². The summed E-state index contributed by atoms with van der Waals surface area (Å²) >= 11 is 13.6. The predicted octanol–water partition coefficient (Wildman–Crippen LogP) is 14.5. The zero-order chi connectivity index (χ0) is 52.5. The highest BCUT2D eigenvalue weighted by Crippen LogP contribution is 2.31. The number of benzene rings is 5. The van der Waals surface area contributed by atoms with Gasteiger partial charge in [-0.25, -0.2) is 8.78 Å². The Labute approximate surface area is 497 Å². The van der Waals surface area contributed by atoms with Crippen LogP contribution in [-0.4, -0.2) is 68.6 Å². The molecule has 0 unspecified atom stereocenters. The van der Waals surface area contributed by atoms with E-state index < -0.39 is 38.5 Å². The number of aryl methyl sites for hydroxylation is 2. The lowest BCUT2D eigenvalue weighted by molar-refractivity contribution is -0.386. The zero-order valence-corrected chi connectivity index (χ0v) is 49.0. The van der Waals surface area contributed by atoms with Crippen molar-refractivity contribution >= 4 is 190 Å². The number of rotatable bonds is 5. The number of anilines is 1. The second-order valence-electron chi connectivity index (χ2n) is 13.1. The quantitative estimate of drug-likeness (QED) is 0.0319. The van der Waals surface area contributed by atoms with Gasteiger partial charge in [-0.15, -0.1) is 0 Å². The normalized spacial score (nSPS) is 10.6. The maximum absolute atomic E-state index is 12.7. The second-order valence-corrected chi connectivity index (χ2v) is 28.4. The van der Waals surface area contributed by atoms with Crippen LogP contribution in [0.4, 0.5) is 31.5 Å². The van der Waals surface area contributed by atoms with Gasteiger partial charge in [-0.1, -0.05) is 164 Å². The van der Waals surface area contributed by atoms with Crippen molar-refractivity contribution in [3.63, 3.8) is 0 Å². The van der Waals surface area contributed by atoms with Crippen molar-refractivity contribution in [3.8, 4) is 17.2 Å². The monoisotopic (exact) mass is 1680 g/mol. The number of nitro groups is 3. The number of nitro benzene ring substituents is 3. The summed E-state index contributed by atoms with van der Waals surface area (Å²) in [7, 11) is 0. The topological polar surface area (TPSA) is 287 Å². The fourth-order valence-electron chi connectivity index (χ4n) is 5.47. The van der Waals surface area contributed by atoms with Crippen molar-refractivity contribution in [2.24, 2.45) is 15.0 Å². The minimum absolute atomic E-state index is 0. The van der Waals surface area contributed by atoms with Crippen LogP contribution in [0.15, 0.2) is 81.7 Å². The highest BCUT2D eigenvalue weighted by Gasteiger charge is 2.19. The van der Waals surface area contributed by atoms with Crippen molar-refractivity contribution < 1.29 is 48.5 Å². The number of phenolic OH excluding ortho intramolecular Hbond substituents is 3. The zero-order valence-electron chi connectivity index (χ0n) is 36.0. The molecule has 8 rings (SSSR count). The van der Waals surface area contributed by atoms with Crippen molar-refractivity contribution in [2.45, 2.75) is 55.7 Å². The molecule has 0 spiro atoms. The number of nitrogen functional groups attached to an aromatic ring is 1. The summed E-state index contributed by atoms with van der Waals surface area (Å²) in [5.41, 5.74) is 13.1. The van der Waals surface area contributed by atoms with Gasteiger partial charge in [0.05, 0.1) is 48.0 Å². The van der Waals surface area contributed by atoms with E-state index in [4.69, 9.17) is 15.9 Å². The number of hydrogen-bond donors (Lipinski definition) is 4. The van der Waals surface area contributed by atoms with E-state index in [-0.39, 0.29) is 61.9 Å². The lowest BCUT2D eigenvalue weighted by Gasteiger charge is -2.02. The van der Waals surface area contributed by atoms with Gasteiger partial charge in [0, 0.05) is 71.4 Å². The molecule has 0 saturated heterocycles.